The first-order chi connectivity index (χ1) is 10.7. The Kier molecular flexibility index (Phi) is 4.70. The highest BCUT2D eigenvalue weighted by Gasteiger charge is 2.08. The molecule has 0 saturated heterocycles. The molecule has 2 heterocycles. The van der Waals surface area contributed by atoms with Crippen molar-refractivity contribution < 1.29 is 4.79 Å². The maximum atomic E-state index is 11.4. The Labute approximate surface area is 134 Å². The second-order valence-electron chi connectivity index (χ2n) is 4.52. The minimum atomic E-state index is -0.262. The molecule has 3 rings (SSSR count). The molecule has 0 aliphatic carbocycles. The van der Waals surface area contributed by atoms with Gasteiger partial charge in [0.1, 0.15) is 12.1 Å². The van der Waals surface area contributed by atoms with E-state index in [1.165, 1.54) is 6.08 Å². The Balaban J connectivity index is 0.00000192. The molecular weight excluding hydrogens is 292 g/mol. The van der Waals surface area contributed by atoms with Crippen LogP contribution in [0.4, 0.5) is 11.5 Å². The number of benzene rings is 1. The first-order valence-corrected chi connectivity index (χ1v) is 6.62. The van der Waals surface area contributed by atoms with E-state index in [9.17, 15) is 4.79 Å². The second kappa shape index (κ2) is 6.69. The molecule has 0 spiro atoms. The maximum Gasteiger partial charge on any atom is 0.247 e. The van der Waals surface area contributed by atoms with Crippen LogP contribution in [0.1, 0.15) is 7.43 Å². The van der Waals surface area contributed by atoms with E-state index < -0.39 is 0 Å². The smallest absolute Gasteiger partial charge is 0.247 e. The van der Waals surface area contributed by atoms with Crippen molar-refractivity contribution in [2.24, 2.45) is 0 Å². The number of hydrogen-bond donors (Lipinski definition) is 2. The molecule has 2 N–H and O–H groups in total. The fraction of sp³-hybridized carbons (Fsp3) is 0.125. The van der Waals surface area contributed by atoms with Gasteiger partial charge in [-0.1, -0.05) is 14.0 Å². The van der Waals surface area contributed by atoms with Gasteiger partial charge in [0.05, 0.1) is 23.4 Å². The third kappa shape index (κ3) is 3.18. The Hall–Kier alpha value is -3.22. The monoisotopic (exact) mass is 310 g/mol. The van der Waals surface area contributed by atoms with Crippen LogP contribution in [-0.2, 0) is 4.79 Å². The normalized spacial score (nSPS) is 9.96. The van der Waals surface area contributed by atoms with E-state index in [1.54, 1.807) is 31.8 Å². The number of amides is 1. The summed E-state index contributed by atoms with van der Waals surface area (Å²) < 4.78 is 1.81. The van der Waals surface area contributed by atoms with Crippen molar-refractivity contribution in [3.8, 4) is 5.82 Å². The number of nitrogens with zero attached hydrogens (tertiary/aromatic N) is 4. The first kappa shape index (κ1) is 16.2. The van der Waals surface area contributed by atoms with Crippen LogP contribution in [0.3, 0.4) is 0 Å². The summed E-state index contributed by atoms with van der Waals surface area (Å²) in [4.78, 5) is 24.3. The van der Waals surface area contributed by atoms with Crippen LogP contribution in [0.25, 0.3) is 16.9 Å². The van der Waals surface area contributed by atoms with Crippen molar-refractivity contribution in [3.05, 3.63) is 49.6 Å². The quantitative estimate of drug-likeness (QED) is 0.724. The third-order valence-electron chi connectivity index (χ3n) is 3.12. The van der Waals surface area contributed by atoms with Crippen molar-refractivity contribution in [2.45, 2.75) is 7.43 Å². The van der Waals surface area contributed by atoms with Crippen LogP contribution in [0, 0.1) is 0 Å². The lowest BCUT2D eigenvalue weighted by molar-refractivity contribution is -0.111. The number of imidazole rings is 1. The molecule has 0 radical (unpaired) electrons. The number of nitrogens with one attached hydrogen (secondary N) is 2. The molecule has 23 heavy (non-hydrogen) atoms. The summed E-state index contributed by atoms with van der Waals surface area (Å²) in [7, 11) is 1.78. The van der Waals surface area contributed by atoms with Crippen molar-refractivity contribution >= 4 is 28.4 Å². The number of rotatable bonds is 4. The number of carbonyl (C=O) groups is 1. The summed E-state index contributed by atoms with van der Waals surface area (Å²) >= 11 is 0. The van der Waals surface area contributed by atoms with Crippen molar-refractivity contribution in [1.29, 1.82) is 0 Å². The van der Waals surface area contributed by atoms with Crippen LogP contribution in [-0.4, -0.2) is 32.5 Å². The topological polar surface area (TPSA) is 84.7 Å². The van der Waals surface area contributed by atoms with E-state index in [-0.39, 0.29) is 13.3 Å². The van der Waals surface area contributed by atoms with Crippen LogP contribution in [0.5, 0.6) is 0 Å². The molecule has 0 aliphatic heterocycles. The van der Waals surface area contributed by atoms with E-state index >= 15 is 0 Å². The van der Waals surface area contributed by atoms with Gasteiger partial charge in [0.2, 0.25) is 5.91 Å². The van der Waals surface area contributed by atoms with Gasteiger partial charge in [-0.15, -0.1) is 0 Å². The molecule has 2 aromatic heterocycles. The first-order valence-electron chi connectivity index (χ1n) is 6.62. The van der Waals surface area contributed by atoms with Gasteiger partial charge < -0.3 is 10.6 Å². The predicted molar refractivity (Wildman–Crippen MR) is 91.8 cm³/mol. The zero-order valence-electron chi connectivity index (χ0n) is 11.9. The number of carbonyl (C=O) groups excluding carboxylic acids is 1. The lowest BCUT2D eigenvalue weighted by Crippen LogP contribution is -2.07. The summed E-state index contributed by atoms with van der Waals surface area (Å²) in [6.07, 6.45) is 6.19. The fourth-order valence-corrected chi connectivity index (χ4v) is 2.05. The third-order valence-corrected chi connectivity index (χ3v) is 3.12. The average Bonchev–Trinajstić information content (AvgIpc) is 2.98. The zero-order chi connectivity index (χ0) is 15.5. The lowest BCUT2D eigenvalue weighted by Gasteiger charge is -2.06. The van der Waals surface area contributed by atoms with E-state index in [0.29, 0.717) is 17.3 Å². The number of fused-ring (bicyclic) bond motifs is 1. The van der Waals surface area contributed by atoms with E-state index in [0.717, 1.165) is 11.0 Å². The van der Waals surface area contributed by atoms with Crippen LogP contribution in [0.15, 0.2) is 49.6 Å². The minimum absolute atomic E-state index is 0. The van der Waals surface area contributed by atoms with Crippen molar-refractivity contribution in [1.82, 2.24) is 19.5 Å². The second-order valence-corrected chi connectivity index (χ2v) is 4.52. The van der Waals surface area contributed by atoms with Gasteiger partial charge in [0.15, 0.2) is 5.82 Å². The molecule has 7 heteroatoms. The SMILES string of the molecule is C.C=CC(=O)Nc1ccc2ncn(-c3cncc(NC)n3)c2c1. The number of hydrogen-bond acceptors (Lipinski definition) is 5. The maximum absolute atomic E-state index is 11.4. The molecule has 0 atom stereocenters. The summed E-state index contributed by atoms with van der Waals surface area (Å²) in [6, 6.07) is 5.45. The van der Waals surface area contributed by atoms with E-state index in [1.807, 2.05) is 16.7 Å². The Bertz CT molecular complexity index is 855. The highest BCUT2D eigenvalue weighted by atomic mass is 16.1. The predicted octanol–water partition coefficient (Wildman–Crippen LogP) is 2.62. The molecule has 0 aliphatic rings. The van der Waals surface area contributed by atoms with Gasteiger partial charge in [-0.25, -0.2) is 9.97 Å². The molecule has 0 fully saturated rings. The summed E-state index contributed by atoms with van der Waals surface area (Å²) in [6.45, 7) is 3.44. The highest BCUT2D eigenvalue weighted by Crippen LogP contribution is 2.21. The molecular formula is C16H18N6O. The Morgan fingerprint density at radius 3 is 2.91 bits per heavy atom. The summed E-state index contributed by atoms with van der Waals surface area (Å²) in [5.41, 5.74) is 2.29. The number of anilines is 2. The van der Waals surface area contributed by atoms with Gasteiger partial charge >= 0.3 is 0 Å². The van der Waals surface area contributed by atoms with Gasteiger partial charge in [0, 0.05) is 12.7 Å². The summed E-state index contributed by atoms with van der Waals surface area (Å²) in [5, 5.41) is 5.68. The van der Waals surface area contributed by atoms with Crippen LogP contribution >= 0.6 is 0 Å². The highest BCUT2D eigenvalue weighted by molar-refractivity contribution is 6.00. The molecule has 1 aromatic carbocycles. The molecule has 7 nitrogen and oxygen atoms in total. The number of aromatic nitrogens is 4. The molecule has 3 aromatic rings. The summed E-state index contributed by atoms with van der Waals surface area (Å²) in [5.74, 6) is 1.04. The fourth-order valence-electron chi connectivity index (χ4n) is 2.05. The van der Waals surface area contributed by atoms with Crippen LogP contribution < -0.4 is 10.6 Å². The molecule has 118 valence electrons. The Morgan fingerprint density at radius 2 is 2.17 bits per heavy atom. The van der Waals surface area contributed by atoms with E-state index in [4.69, 9.17) is 0 Å². The van der Waals surface area contributed by atoms with Crippen LogP contribution in [0.2, 0.25) is 0 Å². The van der Waals surface area contributed by atoms with Gasteiger partial charge in [-0.2, -0.15) is 0 Å². The van der Waals surface area contributed by atoms with E-state index in [2.05, 4.69) is 32.2 Å². The molecule has 0 unspecified atom stereocenters. The largest absolute Gasteiger partial charge is 0.372 e. The van der Waals surface area contributed by atoms with Gasteiger partial charge in [0.25, 0.3) is 0 Å². The standard InChI is InChI=1S/C15H14N6O.CH4/c1-3-15(22)19-10-4-5-11-12(6-10)21(9-18-11)14-8-17-7-13(16-2)20-14;/h3-9H,1H2,2H3,(H,16,20)(H,19,22);1H4. The lowest BCUT2D eigenvalue weighted by atomic mass is 10.2. The average molecular weight is 310 g/mol. The Morgan fingerprint density at radius 1 is 1.35 bits per heavy atom. The molecule has 0 bridgehead atoms. The van der Waals surface area contributed by atoms with Crippen molar-refractivity contribution in [3.63, 3.8) is 0 Å². The zero-order valence-corrected chi connectivity index (χ0v) is 11.9. The van der Waals surface area contributed by atoms with Gasteiger partial charge in [-0.05, 0) is 24.3 Å². The van der Waals surface area contributed by atoms with Crippen molar-refractivity contribution in [2.75, 3.05) is 17.7 Å². The molecule has 1 amide bonds. The molecule has 0 saturated carbocycles. The minimum Gasteiger partial charge on any atom is -0.372 e. The van der Waals surface area contributed by atoms with Gasteiger partial charge in [-0.3, -0.25) is 14.3 Å².